The average molecular weight is 188 g/mol. The SMILES string of the molecule is N#CCc1ccnc(N2CCCC2)n1. The van der Waals surface area contributed by atoms with Crippen molar-refractivity contribution in [2.24, 2.45) is 0 Å². The van der Waals surface area contributed by atoms with E-state index in [9.17, 15) is 0 Å². The maximum atomic E-state index is 8.55. The molecule has 0 amide bonds. The summed E-state index contributed by atoms with van der Waals surface area (Å²) in [6.45, 7) is 2.08. The highest BCUT2D eigenvalue weighted by Crippen LogP contribution is 2.15. The Morgan fingerprint density at radius 1 is 1.43 bits per heavy atom. The van der Waals surface area contributed by atoms with E-state index in [1.54, 1.807) is 12.3 Å². The van der Waals surface area contributed by atoms with Gasteiger partial charge in [-0.15, -0.1) is 0 Å². The van der Waals surface area contributed by atoms with Crippen molar-refractivity contribution in [2.45, 2.75) is 19.3 Å². The number of nitriles is 1. The number of rotatable bonds is 2. The van der Waals surface area contributed by atoms with Crippen LogP contribution in [0.2, 0.25) is 0 Å². The minimum Gasteiger partial charge on any atom is -0.341 e. The van der Waals surface area contributed by atoms with Gasteiger partial charge in [0.1, 0.15) is 0 Å². The summed E-state index contributed by atoms with van der Waals surface area (Å²) >= 11 is 0. The molecule has 0 unspecified atom stereocenters. The summed E-state index contributed by atoms with van der Waals surface area (Å²) < 4.78 is 0. The van der Waals surface area contributed by atoms with Crippen molar-refractivity contribution in [3.63, 3.8) is 0 Å². The van der Waals surface area contributed by atoms with Gasteiger partial charge in [0.05, 0.1) is 18.2 Å². The Kier molecular flexibility index (Phi) is 2.59. The third kappa shape index (κ3) is 1.82. The zero-order valence-corrected chi connectivity index (χ0v) is 7.98. The Morgan fingerprint density at radius 3 is 2.93 bits per heavy atom. The molecule has 1 aromatic rings. The highest BCUT2D eigenvalue weighted by molar-refractivity contribution is 5.31. The lowest BCUT2D eigenvalue weighted by molar-refractivity contribution is 0.883. The van der Waals surface area contributed by atoms with Gasteiger partial charge in [-0.2, -0.15) is 5.26 Å². The minimum atomic E-state index is 0.364. The van der Waals surface area contributed by atoms with Crippen molar-refractivity contribution in [2.75, 3.05) is 18.0 Å². The molecule has 2 heterocycles. The van der Waals surface area contributed by atoms with E-state index < -0.39 is 0 Å². The standard InChI is InChI=1S/C10H12N4/c11-5-3-9-4-6-12-10(13-9)14-7-1-2-8-14/h4,6H,1-3,7-8H2. The number of nitrogens with zero attached hydrogens (tertiary/aromatic N) is 4. The molecule has 1 fully saturated rings. The zero-order valence-electron chi connectivity index (χ0n) is 7.98. The van der Waals surface area contributed by atoms with E-state index in [0.29, 0.717) is 6.42 Å². The number of hydrogen-bond donors (Lipinski definition) is 0. The first kappa shape index (κ1) is 8.95. The van der Waals surface area contributed by atoms with Gasteiger partial charge in [0.25, 0.3) is 0 Å². The van der Waals surface area contributed by atoms with Crippen LogP contribution in [-0.2, 0) is 6.42 Å². The maximum Gasteiger partial charge on any atom is 0.225 e. The van der Waals surface area contributed by atoms with E-state index in [2.05, 4.69) is 20.9 Å². The predicted octanol–water partition coefficient (Wildman–Crippen LogP) is 1.14. The summed E-state index contributed by atoms with van der Waals surface area (Å²) in [5.74, 6) is 0.773. The summed E-state index contributed by atoms with van der Waals surface area (Å²) in [6.07, 6.45) is 4.52. The predicted molar refractivity (Wildman–Crippen MR) is 52.8 cm³/mol. The molecular formula is C10H12N4. The molecule has 1 saturated heterocycles. The van der Waals surface area contributed by atoms with Gasteiger partial charge >= 0.3 is 0 Å². The largest absolute Gasteiger partial charge is 0.341 e. The Hall–Kier alpha value is -1.63. The van der Waals surface area contributed by atoms with Gasteiger partial charge in [-0.1, -0.05) is 0 Å². The summed E-state index contributed by atoms with van der Waals surface area (Å²) in [4.78, 5) is 10.7. The molecule has 0 spiro atoms. The van der Waals surface area contributed by atoms with Gasteiger partial charge in [0.15, 0.2) is 0 Å². The van der Waals surface area contributed by atoms with Crippen molar-refractivity contribution >= 4 is 5.95 Å². The molecule has 0 radical (unpaired) electrons. The van der Waals surface area contributed by atoms with Crippen LogP contribution in [0.1, 0.15) is 18.5 Å². The van der Waals surface area contributed by atoms with Crippen LogP contribution >= 0.6 is 0 Å². The van der Waals surface area contributed by atoms with Crippen LogP contribution in [0.5, 0.6) is 0 Å². The van der Waals surface area contributed by atoms with Crippen LogP contribution in [0.3, 0.4) is 0 Å². The van der Waals surface area contributed by atoms with Gasteiger partial charge in [0.2, 0.25) is 5.95 Å². The first-order valence-electron chi connectivity index (χ1n) is 4.84. The molecule has 0 bridgehead atoms. The fourth-order valence-electron chi connectivity index (χ4n) is 1.63. The molecule has 0 atom stereocenters. The van der Waals surface area contributed by atoms with Crippen molar-refractivity contribution < 1.29 is 0 Å². The van der Waals surface area contributed by atoms with Crippen LogP contribution in [0.4, 0.5) is 5.95 Å². The molecule has 1 aromatic heterocycles. The fourth-order valence-corrected chi connectivity index (χ4v) is 1.63. The summed E-state index contributed by atoms with van der Waals surface area (Å²) in [5, 5.41) is 8.55. The van der Waals surface area contributed by atoms with Crippen molar-refractivity contribution in [3.05, 3.63) is 18.0 Å². The van der Waals surface area contributed by atoms with E-state index in [-0.39, 0.29) is 0 Å². The Balaban J connectivity index is 2.17. The lowest BCUT2D eigenvalue weighted by Crippen LogP contribution is -2.20. The average Bonchev–Trinajstić information content (AvgIpc) is 2.71. The molecule has 1 aliphatic rings. The third-order valence-electron chi connectivity index (χ3n) is 2.35. The molecule has 0 N–H and O–H groups in total. The zero-order chi connectivity index (χ0) is 9.80. The molecule has 4 heteroatoms. The molecule has 1 aliphatic heterocycles. The first-order valence-corrected chi connectivity index (χ1v) is 4.84. The van der Waals surface area contributed by atoms with Crippen molar-refractivity contribution in [1.82, 2.24) is 9.97 Å². The lowest BCUT2D eigenvalue weighted by Gasteiger charge is -2.14. The topological polar surface area (TPSA) is 52.8 Å². The second-order valence-corrected chi connectivity index (χ2v) is 3.38. The number of aromatic nitrogens is 2. The van der Waals surface area contributed by atoms with Gasteiger partial charge in [0, 0.05) is 19.3 Å². The Morgan fingerprint density at radius 2 is 2.21 bits per heavy atom. The number of hydrogen-bond acceptors (Lipinski definition) is 4. The van der Waals surface area contributed by atoms with E-state index in [4.69, 9.17) is 5.26 Å². The van der Waals surface area contributed by atoms with E-state index >= 15 is 0 Å². The van der Waals surface area contributed by atoms with E-state index in [1.807, 2.05) is 0 Å². The third-order valence-corrected chi connectivity index (χ3v) is 2.35. The van der Waals surface area contributed by atoms with Gasteiger partial charge in [-0.25, -0.2) is 9.97 Å². The highest BCUT2D eigenvalue weighted by Gasteiger charge is 2.14. The Bertz CT molecular complexity index is 349. The molecule has 72 valence electrons. The number of anilines is 1. The van der Waals surface area contributed by atoms with Gasteiger partial charge < -0.3 is 4.90 Å². The quantitative estimate of drug-likeness (QED) is 0.698. The molecule has 4 nitrogen and oxygen atoms in total. The maximum absolute atomic E-state index is 8.55. The smallest absolute Gasteiger partial charge is 0.225 e. The van der Waals surface area contributed by atoms with Crippen LogP contribution in [0, 0.1) is 11.3 Å². The second-order valence-electron chi connectivity index (χ2n) is 3.38. The van der Waals surface area contributed by atoms with Crippen LogP contribution < -0.4 is 4.90 Å². The van der Waals surface area contributed by atoms with Crippen LogP contribution in [0.15, 0.2) is 12.3 Å². The summed E-state index contributed by atoms with van der Waals surface area (Å²) in [7, 11) is 0. The summed E-state index contributed by atoms with van der Waals surface area (Å²) in [5.41, 5.74) is 0.810. The highest BCUT2D eigenvalue weighted by atomic mass is 15.3. The summed E-state index contributed by atoms with van der Waals surface area (Å²) in [6, 6.07) is 3.89. The van der Waals surface area contributed by atoms with Crippen molar-refractivity contribution in [3.8, 4) is 6.07 Å². The fraction of sp³-hybridized carbons (Fsp3) is 0.500. The van der Waals surface area contributed by atoms with Crippen LogP contribution in [-0.4, -0.2) is 23.1 Å². The van der Waals surface area contributed by atoms with Crippen LogP contribution in [0.25, 0.3) is 0 Å². The van der Waals surface area contributed by atoms with Gasteiger partial charge in [-0.3, -0.25) is 0 Å². The molecule has 0 saturated carbocycles. The lowest BCUT2D eigenvalue weighted by atomic mass is 10.3. The van der Waals surface area contributed by atoms with Crippen molar-refractivity contribution in [1.29, 1.82) is 5.26 Å². The van der Waals surface area contributed by atoms with E-state index in [0.717, 1.165) is 24.7 Å². The molecule has 14 heavy (non-hydrogen) atoms. The molecular weight excluding hydrogens is 176 g/mol. The second kappa shape index (κ2) is 4.05. The monoisotopic (exact) mass is 188 g/mol. The normalized spacial score (nSPS) is 15.5. The Labute approximate surface area is 83.2 Å². The molecule has 0 aromatic carbocycles. The first-order chi connectivity index (χ1) is 6.90. The van der Waals surface area contributed by atoms with Gasteiger partial charge in [-0.05, 0) is 18.9 Å². The molecule has 0 aliphatic carbocycles. The molecule has 2 rings (SSSR count). The minimum absolute atomic E-state index is 0.364. The van der Waals surface area contributed by atoms with E-state index in [1.165, 1.54) is 12.8 Å².